The Hall–Kier alpha value is -3.82. The van der Waals surface area contributed by atoms with E-state index in [0.29, 0.717) is 0 Å². The number of carbonyl (C=O) groups excluding carboxylic acids is 4. The van der Waals surface area contributed by atoms with Crippen LogP contribution in [0.5, 0.6) is 0 Å². The van der Waals surface area contributed by atoms with Crippen molar-refractivity contribution in [3.05, 3.63) is 64.7 Å². The molecule has 0 spiro atoms. The topological polar surface area (TPSA) is 108 Å². The van der Waals surface area contributed by atoms with Crippen molar-refractivity contribution in [3.8, 4) is 0 Å². The average Bonchev–Trinajstić information content (AvgIpc) is 2.70. The highest BCUT2D eigenvalue weighted by atomic mass is 19.1. The molecule has 8 nitrogen and oxygen atoms in total. The molecule has 0 aliphatic rings. The van der Waals surface area contributed by atoms with E-state index in [1.807, 2.05) is 0 Å². The lowest BCUT2D eigenvalue weighted by molar-refractivity contribution is -0.119. The summed E-state index contributed by atoms with van der Waals surface area (Å²) in [6.45, 7) is -0.872. The minimum Gasteiger partial charge on any atom is -0.465 e. The highest BCUT2D eigenvalue weighted by molar-refractivity contribution is 6.00. The molecular weight excluding hydrogens is 392 g/mol. The van der Waals surface area contributed by atoms with E-state index < -0.39 is 47.6 Å². The lowest BCUT2D eigenvalue weighted by Gasteiger charge is -2.10. The molecule has 0 aliphatic carbocycles. The van der Waals surface area contributed by atoms with Crippen LogP contribution in [0.15, 0.2) is 36.4 Å². The summed E-state index contributed by atoms with van der Waals surface area (Å²) < 4.78 is 40.9. The number of hydrogen-bond donors (Lipinski definition) is 1. The number of methoxy groups -OCH3 is 2. The fraction of sp³-hybridized carbons (Fsp3) is 0.158. The van der Waals surface area contributed by atoms with E-state index in [1.54, 1.807) is 0 Å². The zero-order chi connectivity index (χ0) is 21.6. The van der Waals surface area contributed by atoms with Crippen LogP contribution < -0.4 is 5.32 Å². The fourth-order valence-electron chi connectivity index (χ4n) is 2.26. The molecule has 0 saturated heterocycles. The summed E-state index contributed by atoms with van der Waals surface area (Å²) in [6, 6.07) is 6.44. The molecule has 0 saturated carbocycles. The number of ether oxygens (including phenoxy) is 3. The molecule has 0 fully saturated rings. The normalized spacial score (nSPS) is 10.1. The number of rotatable bonds is 6. The molecule has 2 aromatic carbocycles. The highest BCUT2D eigenvalue weighted by Crippen LogP contribution is 2.17. The third-order valence-corrected chi connectivity index (χ3v) is 3.56. The molecule has 0 heterocycles. The standard InChI is InChI=1S/C19H15F2NO7/c1-27-17(24)10-6-11(18(25)28-2)8-12(7-10)22-15(23)9-29-19(26)16-13(20)4-3-5-14(16)21/h3-8H,9H2,1-2H3,(H,22,23). The molecule has 1 N–H and O–H groups in total. The van der Waals surface area contributed by atoms with Crippen LogP contribution in [0, 0.1) is 11.6 Å². The quantitative estimate of drug-likeness (QED) is 0.578. The second kappa shape index (κ2) is 9.40. The predicted octanol–water partition coefficient (Wildman–Crippen LogP) is 2.33. The molecule has 0 bridgehead atoms. The van der Waals surface area contributed by atoms with Gasteiger partial charge in [-0.1, -0.05) is 6.07 Å². The number of carbonyl (C=O) groups is 4. The van der Waals surface area contributed by atoms with Crippen LogP contribution in [0.3, 0.4) is 0 Å². The Morgan fingerprint density at radius 1 is 0.862 bits per heavy atom. The third-order valence-electron chi connectivity index (χ3n) is 3.56. The summed E-state index contributed by atoms with van der Waals surface area (Å²) in [7, 11) is 2.26. The van der Waals surface area contributed by atoms with Crippen LogP contribution in [0.2, 0.25) is 0 Å². The molecule has 0 unspecified atom stereocenters. The molecular formula is C19H15F2NO7. The lowest BCUT2D eigenvalue weighted by Crippen LogP contribution is -2.22. The van der Waals surface area contributed by atoms with Gasteiger partial charge in [-0.25, -0.2) is 23.2 Å². The Morgan fingerprint density at radius 2 is 1.38 bits per heavy atom. The van der Waals surface area contributed by atoms with Crippen molar-refractivity contribution < 1.29 is 42.2 Å². The summed E-state index contributed by atoms with van der Waals surface area (Å²) >= 11 is 0. The summed E-state index contributed by atoms with van der Waals surface area (Å²) in [6.07, 6.45) is 0. The molecule has 10 heteroatoms. The van der Waals surface area contributed by atoms with Gasteiger partial charge in [0.15, 0.2) is 6.61 Å². The van der Waals surface area contributed by atoms with E-state index in [4.69, 9.17) is 0 Å². The number of hydrogen-bond acceptors (Lipinski definition) is 7. The maximum absolute atomic E-state index is 13.6. The van der Waals surface area contributed by atoms with E-state index in [0.717, 1.165) is 32.4 Å². The highest BCUT2D eigenvalue weighted by Gasteiger charge is 2.20. The minimum absolute atomic E-state index is 0.00595. The molecule has 0 aliphatic heterocycles. The molecule has 1 amide bonds. The largest absolute Gasteiger partial charge is 0.465 e. The lowest BCUT2D eigenvalue weighted by atomic mass is 10.1. The van der Waals surface area contributed by atoms with Crippen molar-refractivity contribution >= 4 is 29.5 Å². The van der Waals surface area contributed by atoms with Crippen molar-refractivity contribution in [1.29, 1.82) is 0 Å². The van der Waals surface area contributed by atoms with Crippen molar-refractivity contribution in [1.82, 2.24) is 0 Å². The fourth-order valence-corrected chi connectivity index (χ4v) is 2.26. The van der Waals surface area contributed by atoms with E-state index in [2.05, 4.69) is 19.5 Å². The smallest absolute Gasteiger partial charge is 0.344 e. The first-order valence-electron chi connectivity index (χ1n) is 7.99. The molecule has 2 aromatic rings. The van der Waals surface area contributed by atoms with Crippen molar-refractivity contribution in [2.45, 2.75) is 0 Å². The van der Waals surface area contributed by atoms with Crippen LogP contribution in [0.1, 0.15) is 31.1 Å². The van der Waals surface area contributed by atoms with E-state index in [1.165, 1.54) is 18.2 Å². The van der Waals surface area contributed by atoms with Gasteiger partial charge in [-0.2, -0.15) is 0 Å². The van der Waals surface area contributed by atoms with E-state index in [9.17, 15) is 28.0 Å². The Labute approximate surface area is 163 Å². The van der Waals surface area contributed by atoms with Crippen molar-refractivity contribution in [2.24, 2.45) is 0 Å². The van der Waals surface area contributed by atoms with Crippen molar-refractivity contribution in [2.75, 3.05) is 26.1 Å². The van der Waals surface area contributed by atoms with Gasteiger partial charge in [-0.15, -0.1) is 0 Å². The van der Waals surface area contributed by atoms with E-state index >= 15 is 0 Å². The minimum atomic E-state index is -1.37. The summed E-state index contributed by atoms with van der Waals surface area (Å²) in [5, 5.41) is 2.30. The molecule has 0 radical (unpaired) electrons. The molecule has 152 valence electrons. The number of anilines is 1. The first-order chi connectivity index (χ1) is 13.8. The number of amides is 1. The number of nitrogens with one attached hydrogen (secondary N) is 1. The zero-order valence-electron chi connectivity index (χ0n) is 15.3. The molecule has 0 atom stereocenters. The second-order valence-corrected chi connectivity index (χ2v) is 5.50. The van der Waals surface area contributed by atoms with Gasteiger partial charge in [-0.3, -0.25) is 4.79 Å². The Kier molecular flexibility index (Phi) is 6.96. The first kappa shape index (κ1) is 21.5. The van der Waals surface area contributed by atoms with Gasteiger partial charge in [0.1, 0.15) is 17.2 Å². The molecule has 2 rings (SSSR count). The van der Waals surface area contributed by atoms with Crippen LogP contribution in [0.25, 0.3) is 0 Å². The predicted molar refractivity (Wildman–Crippen MR) is 94.4 cm³/mol. The Balaban J connectivity index is 2.12. The van der Waals surface area contributed by atoms with Gasteiger partial charge in [0.2, 0.25) is 0 Å². The van der Waals surface area contributed by atoms with Gasteiger partial charge < -0.3 is 19.5 Å². The first-order valence-corrected chi connectivity index (χ1v) is 7.99. The number of benzene rings is 2. The SMILES string of the molecule is COC(=O)c1cc(NC(=O)COC(=O)c2c(F)cccc2F)cc(C(=O)OC)c1. The maximum atomic E-state index is 13.6. The Bertz CT molecular complexity index is 921. The van der Waals surface area contributed by atoms with E-state index in [-0.39, 0.29) is 16.8 Å². The Morgan fingerprint density at radius 3 is 1.86 bits per heavy atom. The van der Waals surface area contributed by atoms with Crippen LogP contribution >= 0.6 is 0 Å². The molecule has 29 heavy (non-hydrogen) atoms. The number of halogens is 2. The van der Waals surface area contributed by atoms with Gasteiger partial charge >= 0.3 is 17.9 Å². The van der Waals surface area contributed by atoms with Gasteiger partial charge in [-0.05, 0) is 30.3 Å². The number of esters is 3. The maximum Gasteiger partial charge on any atom is 0.344 e. The summed E-state index contributed by atoms with van der Waals surface area (Å²) in [5.41, 5.74) is -1.01. The summed E-state index contributed by atoms with van der Waals surface area (Å²) in [4.78, 5) is 47.3. The zero-order valence-corrected chi connectivity index (χ0v) is 15.3. The summed E-state index contributed by atoms with van der Waals surface area (Å²) in [5.74, 6) is -6.06. The third kappa shape index (κ3) is 5.34. The second-order valence-electron chi connectivity index (χ2n) is 5.50. The van der Waals surface area contributed by atoms with Crippen molar-refractivity contribution in [3.63, 3.8) is 0 Å². The van der Waals surface area contributed by atoms with Crippen LogP contribution in [-0.4, -0.2) is 44.6 Å². The average molecular weight is 407 g/mol. The van der Waals surface area contributed by atoms with Gasteiger partial charge in [0.25, 0.3) is 5.91 Å². The molecule has 0 aromatic heterocycles. The van der Waals surface area contributed by atoms with Crippen LogP contribution in [0.4, 0.5) is 14.5 Å². The van der Waals surface area contributed by atoms with Gasteiger partial charge in [0, 0.05) is 5.69 Å². The van der Waals surface area contributed by atoms with Crippen LogP contribution in [-0.2, 0) is 19.0 Å². The van der Waals surface area contributed by atoms with Gasteiger partial charge in [0.05, 0.1) is 25.3 Å². The monoisotopic (exact) mass is 407 g/mol.